The zero-order valence-electron chi connectivity index (χ0n) is 11.5. The summed E-state index contributed by atoms with van der Waals surface area (Å²) < 4.78 is 5.76. The van der Waals surface area contributed by atoms with Gasteiger partial charge in [-0.3, -0.25) is 4.90 Å². The summed E-state index contributed by atoms with van der Waals surface area (Å²) in [6, 6.07) is 0. The van der Waals surface area contributed by atoms with Gasteiger partial charge in [-0.15, -0.1) is 0 Å². The molecule has 0 aromatic heterocycles. The molecular formula is C14H28N2O. The number of likely N-dealkylation sites (tertiary alicyclic amines) is 1. The Labute approximate surface area is 106 Å². The van der Waals surface area contributed by atoms with Gasteiger partial charge >= 0.3 is 0 Å². The molecule has 2 rings (SSSR count). The Morgan fingerprint density at radius 1 is 1.24 bits per heavy atom. The van der Waals surface area contributed by atoms with Crippen LogP contribution >= 0.6 is 0 Å². The molecule has 1 aliphatic carbocycles. The molecule has 2 atom stereocenters. The smallest absolute Gasteiger partial charge is 0.0767 e. The molecule has 17 heavy (non-hydrogen) atoms. The monoisotopic (exact) mass is 240 g/mol. The first-order valence-corrected chi connectivity index (χ1v) is 7.21. The number of methoxy groups -OCH3 is 1. The SMILES string of the molecule is COC1CCCCC1(CN)N1CCC(C)CC1. The summed E-state index contributed by atoms with van der Waals surface area (Å²) in [5, 5.41) is 0. The molecule has 0 bridgehead atoms. The largest absolute Gasteiger partial charge is 0.379 e. The molecular weight excluding hydrogens is 212 g/mol. The molecule has 0 radical (unpaired) electrons. The second-order valence-corrected chi connectivity index (χ2v) is 5.95. The van der Waals surface area contributed by atoms with Gasteiger partial charge < -0.3 is 10.5 Å². The summed E-state index contributed by atoms with van der Waals surface area (Å²) >= 11 is 0. The minimum atomic E-state index is 0.132. The van der Waals surface area contributed by atoms with Crippen molar-refractivity contribution in [3.63, 3.8) is 0 Å². The van der Waals surface area contributed by atoms with E-state index in [4.69, 9.17) is 10.5 Å². The lowest BCUT2D eigenvalue weighted by atomic mass is 9.76. The Kier molecular flexibility index (Phi) is 4.45. The molecule has 0 spiro atoms. The number of ether oxygens (including phenoxy) is 1. The molecule has 1 saturated heterocycles. The Bertz CT molecular complexity index is 238. The lowest BCUT2D eigenvalue weighted by Gasteiger charge is -2.52. The maximum atomic E-state index is 6.15. The molecule has 3 nitrogen and oxygen atoms in total. The predicted octanol–water partition coefficient (Wildman–Crippen LogP) is 2.00. The lowest BCUT2D eigenvalue weighted by molar-refractivity contribution is -0.0848. The van der Waals surface area contributed by atoms with Crippen molar-refractivity contribution < 1.29 is 4.74 Å². The summed E-state index contributed by atoms with van der Waals surface area (Å²) in [4.78, 5) is 2.64. The van der Waals surface area contributed by atoms with Crippen molar-refractivity contribution >= 4 is 0 Å². The van der Waals surface area contributed by atoms with Crippen molar-refractivity contribution in [2.75, 3.05) is 26.7 Å². The average Bonchev–Trinajstić information content (AvgIpc) is 2.39. The molecule has 2 fully saturated rings. The van der Waals surface area contributed by atoms with E-state index in [0.29, 0.717) is 6.10 Å². The number of nitrogens with two attached hydrogens (primary N) is 1. The highest BCUT2D eigenvalue weighted by molar-refractivity contribution is 5.02. The summed E-state index contributed by atoms with van der Waals surface area (Å²) in [6.07, 6.45) is 7.98. The third-order valence-corrected chi connectivity index (χ3v) is 4.98. The van der Waals surface area contributed by atoms with Crippen LogP contribution in [-0.2, 0) is 4.74 Å². The van der Waals surface area contributed by atoms with E-state index in [1.807, 2.05) is 7.11 Å². The van der Waals surface area contributed by atoms with Crippen molar-refractivity contribution in [2.45, 2.75) is 57.1 Å². The summed E-state index contributed by atoms with van der Waals surface area (Å²) in [7, 11) is 1.85. The first-order valence-electron chi connectivity index (χ1n) is 7.21. The minimum absolute atomic E-state index is 0.132. The van der Waals surface area contributed by atoms with Crippen LogP contribution in [0.4, 0.5) is 0 Å². The molecule has 0 aromatic rings. The quantitative estimate of drug-likeness (QED) is 0.820. The van der Waals surface area contributed by atoms with E-state index in [0.717, 1.165) is 12.5 Å². The molecule has 3 heteroatoms. The molecule has 0 amide bonds. The van der Waals surface area contributed by atoms with Gasteiger partial charge in [0.1, 0.15) is 0 Å². The van der Waals surface area contributed by atoms with Crippen LogP contribution in [-0.4, -0.2) is 43.3 Å². The van der Waals surface area contributed by atoms with E-state index in [9.17, 15) is 0 Å². The van der Waals surface area contributed by atoms with E-state index < -0.39 is 0 Å². The van der Waals surface area contributed by atoms with Gasteiger partial charge in [0.2, 0.25) is 0 Å². The van der Waals surface area contributed by atoms with Crippen molar-refractivity contribution in [2.24, 2.45) is 11.7 Å². The topological polar surface area (TPSA) is 38.5 Å². The van der Waals surface area contributed by atoms with E-state index >= 15 is 0 Å². The van der Waals surface area contributed by atoms with Crippen LogP contribution in [0.3, 0.4) is 0 Å². The number of piperidine rings is 1. The van der Waals surface area contributed by atoms with Crippen molar-refractivity contribution in [1.82, 2.24) is 4.90 Å². The lowest BCUT2D eigenvalue weighted by Crippen LogP contribution is -2.64. The van der Waals surface area contributed by atoms with Gasteiger partial charge in [-0.2, -0.15) is 0 Å². The van der Waals surface area contributed by atoms with E-state index in [2.05, 4.69) is 11.8 Å². The zero-order valence-corrected chi connectivity index (χ0v) is 11.5. The maximum absolute atomic E-state index is 6.15. The summed E-state index contributed by atoms with van der Waals surface area (Å²) in [6.45, 7) is 5.53. The molecule has 2 N–H and O–H groups in total. The number of nitrogens with zero attached hydrogens (tertiary/aromatic N) is 1. The van der Waals surface area contributed by atoms with Crippen LogP contribution in [0.15, 0.2) is 0 Å². The predicted molar refractivity (Wildman–Crippen MR) is 71.0 cm³/mol. The Morgan fingerprint density at radius 3 is 2.53 bits per heavy atom. The van der Waals surface area contributed by atoms with Gasteiger partial charge in [0, 0.05) is 13.7 Å². The average molecular weight is 240 g/mol. The first kappa shape index (κ1) is 13.3. The van der Waals surface area contributed by atoms with Gasteiger partial charge in [-0.1, -0.05) is 19.8 Å². The van der Waals surface area contributed by atoms with Crippen LogP contribution in [0.2, 0.25) is 0 Å². The number of hydrogen-bond acceptors (Lipinski definition) is 3. The molecule has 1 heterocycles. The van der Waals surface area contributed by atoms with Crippen LogP contribution in [0.25, 0.3) is 0 Å². The van der Waals surface area contributed by atoms with Crippen LogP contribution in [0, 0.1) is 5.92 Å². The van der Waals surface area contributed by atoms with Gasteiger partial charge in [0.25, 0.3) is 0 Å². The second-order valence-electron chi connectivity index (χ2n) is 5.95. The van der Waals surface area contributed by atoms with Gasteiger partial charge in [-0.05, 0) is 44.7 Å². The second kappa shape index (κ2) is 5.68. The van der Waals surface area contributed by atoms with Crippen LogP contribution in [0.5, 0.6) is 0 Å². The third-order valence-electron chi connectivity index (χ3n) is 4.98. The standard InChI is InChI=1S/C14H28N2O/c1-12-6-9-16(10-7-12)14(11-15)8-4-3-5-13(14)17-2/h12-13H,3-11,15H2,1-2H3. The van der Waals surface area contributed by atoms with Crippen LogP contribution < -0.4 is 5.73 Å². The fourth-order valence-corrected chi connectivity index (χ4v) is 3.71. The molecule has 2 unspecified atom stereocenters. The highest BCUT2D eigenvalue weighted by Gasteiger charge is 2.45. The molecule has 1 aliphatic heterocycles. The normalized spacial score (nSPS) is 37.2. The highest BCUT2D eigenvalue weighted by Crippen LogP contribution is 2.37. The van der Waals surface area contributed by atoms with E-state index in [1.165, 1.54) is 51.6 Å². The van der Waals surface area contributed by atoms with Crippen molar-refractivity contribution in [3.8, 4) is 0 Å². The fraction of sp³-hybridized carbons (Fsp3) is 1.00. The molecule has 100 valence electrons. The fourth-order valence-electron chi connectivity index (χ4n) is 3.71. The molecule has 2 aliphatic rings. The Balaban J connectivity index is 2.11. The third kappa shape index (κ3) is 2.51. The first-order chi connectivity index (χ1) is 8.23. The highest BCUT2D eigenvalue weighted by atomic mass is 16.5. The van der Waals surface area contributed by atoms with Crippen LogP contribution in [0.1, 0.15) is 45.4 Å². The summed E-state index contributed by atoms with van der Waals surface area (Å²) in [5.74, 6) is 0.880. The summed E-state index contributed by atoms with van der Waals surface area (Å²) in [5.41, 5.74) is 6.28. The number of hydrogen-bond donors (Lipinski definition) is 1. The van der Waals surface area contributed by atoms with E-state index in [-0.39, 0.29) is 5.54 Å². The minimum Gasteiger partial charge on any atom is -0.379 e. The van der Waals surface area contributed by atoms with Crippen molar-refractivity contribution in [1.29, 1.82) is 0 Å². The van der Waals surface area contributed by atoms with Crippen molar-refractivity contribution in [3.05, 3.63) is 0 Å². The number of rotatable bonds is 3. The van der Waals surface area contributed by atoms with Gasteiger partial charge in [0.05, 0.1) is 11.6 Å². The molecule has 1 saturated carbocycles. The van der Waals surface area contributed by atoms with Gasteiger partial charge in [0.15, 0.2) is 0 Å². The maximum Gasteiger partial charge on any atom is 0.0767 e. The van der Waals surface area contributed by atoms with E-state index in [1.54, 1.807) is 0 Å². The molecule has 0 aromatic carbocycles. The van der Waals surface area contributed by atoms with Gasteiger partial charge in [-0.25, -0.2) is 0 Å². The Morgan fingerprint density at radius 2 is 1.94 bits per heavy atom. The zero-order chi connectivity index (χ0) is 12.3. The Hall–Kier alpha value is -0.120.